The third-order valence-electron chi connectivity index (χ3n) is 24.7. The highest BCUT2D eigenvalue weighted by Gasteiger charge is 2.75. The Morgan fingerprint density at radius 1 is 0.480 bits per heavy atom. The van der Waals surface area contributed by atoms with Gasteiger partial charge in [-0.05, 0) is 131 Å². The van der Waals surface area contributed by atoms with Crippen molar-refractivity contribution in [2.45, 2.75) is 190 Å². The van der Waals surface area contributed by atoms with Gasteiger partial charge in [0, 0.05) is 399 Å². The first-order valence-electron chi connectivity index (χ1n) is 38.0. The highest BCUT2D eigenvalue weighted by molar-refractivity contribution is 8.81. The largest absolute Gasteiger partial charge is 0.466 e. The van der Waals surface area contributed by atoms with Gasteiger partial charge in [-0.3, -0.25) is 14.4 Å². The third-order valence-corrected chi connectivity index (χ3v) is 109. The number of benzene rings is 4. The van der Waals surface area contributed by atoms with E-state index in [-0.39, 0.29) is 98.2 Å². The van der Waals surface area contributed by atoms with E-state index < -0.39 is 42.6 Å². The first-order chi connectivity index (χ1) is 59.4. The molecule has 692 valence electrons. The van der Waals surface area contributed by atoms with Crippen LogP contribution in [0.3, 0.4) is 0 Å². The lowest BCUT2D eigenvalue weighted by Crippen LogP contribution is -2.66. The molecule has 7 fully saturated rings. The highest BCUT2D eigenvalue weighted by Crippen LogP contribution is 2.73. The number of carbonyl (C=O) groups excluding carboxylic acids is 3. The Morgan fingerprint density at radius 2 is 0.813 bits per heavy atom. The van der Waals surface area contributed by atoms with Crippen molar-refractivity contribution in [1.29, 1.82) is 0 Å². The van der Waals surface area contributed by atoms with Crippen LogP contribution in [0.4, 0.5) is 0 Å². The van der Waals surface area contributed by atoms with Crippen LogP contribution in [0.15, 0.2) is 121 Å². The number of hydrogen-bond donors (Lipinski definition) is 2. The summed E-state index contributed by atoms with van der Waals surface area (Å²) < 4.78 is 38.9. The van der Waals surface area contributed by atoms with Crippen LogP contribution in [-0.4, -0.2) is 87.3 Å². The van der Waals surface area contributed by atoms with E-state index in [4.69, 9.17) is 50.5 Å². The van der Waals surface area contributed by atoms with E-state index in [1.165, 1.54) is 41.5 Å². The molecule has 16 atom stereocenters. The molecule has 4 aromatic carbocycles. The van der Waals surface area contributed by atoms with Crippen LogP contribution in [0.5, 0.6) is 0 Å². The van der Waals surface area contributed by atoms with Crippen molar-refractivity contribution in [2.75, 3.05) is 26.8 Å². The maximum atomic E-state index is 14.6. The predicted octanol–water partition coefficient (Wildman–Crippen LogP) is 12.8. The minimum absolute atomic E-state index is 0. The molecule has 3 unspecified atom stereocenters. The molecule has 0 radical (unpaired) electrons. The number of hydrogen-bond acceptors (Lipinski definition) is 13. The van der Waals surface area contributed by atoms with Gasteiger partial charge < -0.3 is 38.3 Å². The Hall–Kier alpha value is 4.21. The number of Topliss-reactive ketones (excluding diaryl/α,β-unsaturated/α-hetero) is 2. The van der Waals surface area contributed by atoms with E-state index in [2.05, 4.69) is 133 Å². The van der Waals surface area contributed by atoms with Crippen LogP contribution >= 0.6 is 0 Å². The maximum absolute atomic E-state index is 14.6. The summed E-state index contributed by atoms with van der Waals surface area (Å²) in [5, 5.41) is 25.6. The Balaban J connectivity index is 0.000000230. The fourth-order valence-corrected chi connectivity index (χ4v) is 121. The predicted molar refractivity (Wildman–Crippen MR) is 619 cm³/mol. The van der Waals surface area contributed by atoms with E-state index in [1.54, 1.807) is 107 Å². The number of ether oxygens (including phenoxy) is 5. The van der Waals surface area contributed by atoms with Crippen LogP contribution in [-0.2, 0) is 407 Å². The summed E-state index contributed by atoms with van der Waals surface area (Å²) in [6.45, 7) is 18.5. The standard InChI is InChI=1S/C41H52O4Si.C30H44O7.CH4.S39/c1-5-32-22-24-40-25-23-35(42)37(40)41(32)28-46(33-18-12-8-13-19-33,34-20-14-9-15-21-34)45-36(41)26-39(4,6-2)38(30(40)3)44-29-43-27-31-16-10-7-11-17-31;1-5-28(4)15-25(34)30(18-31)23(17-36-21(3)32)11-13-29(14-12-24(33)26(29)30)20(2)27(28)37-19-35-16-22-9-7-6-8-10-22;;1-3-5-7-9-11-13-15-17-19-21-23-25-27-29-31-33-35-37-39-38-36-34-32-30-28-26-24-22-20-18-16-14-12-10-8-6-4-2/h7-21,30,32,36-38H,5-6,22-29H2,1-4H3;6-10,20,23,25-27,31,34H,5,11-19H2,1-4H3;1H4;/t30-,32+,36+,37+,38-,39+,40-,41?;20-,23-,25+,26?,27?,28+,29-,30-;;/m00../s1. The normalized spacial score (nSPS) is 28.0. The maximum Gasteiger partial charge on any atom is 0.302 e. The zero-order chi connectivity index (χ0) is 87.0. The fourth-order valence-electron chi connectivity index (χ4n) is 19.7. The number of aliphatic hydroxyl groups excluding tert-OH is 2. The van der Waals surface area contributed by atoms with Crippen LogP contribution < -0.4 is 10.4 Å². The Bertz CT molecular complexity index is 5970. The van der Waals surface area contributed by atoms with Gasteiger partial charge in [0.25, 0.3) is 8.32 Å². The lowest BCUT2D eigenvalue weighted by molar-refractivity contribution is -0.243. The van der Waals surface area contributed by atoms with Crippen molar-refractivity contribution in [2.24, 2.45) is 68.0 Å². The molecule has 4 aromatic rings. The molecule has 1 saturated heterocycles. The molecule has 11 nitrogen and oxygen atoms in total. The number of rotatable bonds is 18. The van der Waals surface area contributed by atoms with E-state index in [0.717, 1.165) is 68.5 Å². The first kappa shape index (κ1) is 112. The van der Waals surface area contributed by atoms with Gasteiger partial charge in [0.2, 0.25) is 0 Å². The summed E-state index contributed by atoms with van der Waals surface area (Å²) in [6, 6.07) is 43.4. The molecule has 1 spiro atoms. The quantitative estimate of drug-likeness (QED) is 0.0422. The monoisotopic (exact) mass is 2420 g/mol. The number of aliphatic hydroxyl groups is 2. The van der Waals surface area contributed by atoms with Gasteiger partial charge in [0.05, 0.1) is 50.8 Å². The van der Waals surface area contributed by atoms with Gasteiger partial charge >= 0.3 is 5.97 Å². The Kier molecular flexibility index (Phi) is 55.7. The van der Waals surface area contributed by atoms with Crippen LogP contribution in [0.1, 0.15) is 157 Å². The van der Waals surface area contributed by atoms with Gasteiger partial charge in [-0.2, -0.15) is 0 Å². The molecular formula is C72H100O11S39Si. The first-order valence-corrected chi connectivity index (χ1v) is 90.8. The van der Waals surface area contributed by atoms with Crippen LogP contribution in [0.25, 0.3) is 0 Å². The molecule has 0 aromatic heterocycles. The van der Waals surface area contributed by atoms with Crippen LogP contribution in [0.2, 0.25) is 6.04 Å². The minimum Gasteiger partial charge on any atom is -0.466 e. The minimum atomic E-state index is -2.70. The van der Waals surface area contributed by atoms with Crippen LogP contribution in [0, 0.1) is 68.0 Å². The number of ketones is 2. The highest BCUT2D eigenvalue weighted by atomic mass is 33.5. The Morgan fingerprint density at radius 3 is 1.15 bits per heavy atom. The number of carbonyl (C=O) groups is 3. The summed E-state index contributed by atoms with van der Waals surface area (Å²) in [5.74, 6) is 0.169. The molecule has 11 rings (SSSR count). The topological polar surface area (TPSA) is 147 Å². The van der Waals surface area contributed by atoms with E-state index in [1.807, 2.05) is 241 Å². The average molecular weight is 2420 g/mol. The van der Waals surface area contributed by atoms with E-state index >= 15 is 0 Å². The van der Waals surface area contributed by atoms with Crippen molar-refractivity contribution < 1.29 is 52.7 Å². The summed E-state index contributed by atoms with van der Waals surface area (Å²) in [4.78, 5) is 39.8. The second kappa shape index (κ2) is 60.9. The third kappa shape index (κ3) is 31.9. The Labute approximate surface area is 842 Å². The molecule has 2 N–H and O–H groups in total. The van der Waals surface area contributed by atoms with Gasteiger partial charge in [-0.1, -0.05) is 184 Å². The molecule has 6 aliphatic carbocycles. The molecule has 4 bridgehead atoms. The lowest BCUT2D eigenvalue weighted by Gasteiger charge is -2.63. The van der Waals surface area contributed by atoms with Gasteiger partial charge in [-0.15, -0.1) is 0 Å². The van der Waals surface area contributed by atoms with Gasteiger partial charge in [0.1, 0.15) is 25.2 Å². The molecule has 6 saturated carbocycles. The van der Waals surface area contributed by atoms with Crippen molar-refractivity contribution >= 4 is 387 Å². The van der Waals surface area contributed by atoms with Crippen molar-refractivity contribution in [3.8, 4) is 0 Å². The molecular weight excluding hydrogens is 2320 g/mol. The molecule has 51 heteroatoms. The number of esters is 1. The van der Waals surface area contributed by atoms with Crippen molar-refractivity contribution in [1.82, 2.24) is 0 Å². The molecule has 0 amide bonds. The average Bonchev–Trinajstić information content (AvgIpc) is 1.53. The second-order valence-electron chi connectivity index (χ2n) is 29.8. The lowest BCUT2D eigenvalue weighted by atomic mass is 9.43. The zero-order valence-electron chi connectivity index (χ0n) is 67.0. The summed E-state index contributed by atoms with van der Waals surface area (Å²) in [5.41, 5.74) is 0.0193. The van der Waals surface area contributed by atoms with Crippen molar-refractivity contribution in [3.05, 3.63) is 132 Å². The zero-order valence-corrected chi connectivity index (χ0v) is 99.8. The molecule has 123 heavy (non-hydrogen) atoms. The summed E-state index contributed by atoms with van der Waals surface area (Å²) in [7, 11) is 62.9. The van der Waals surface area contributed by atoms with Gasteiger partial charge in [-0.25, -0.2) is 0 Å². The smallest absolute Gasteiger partial charge is 0.302 e. The fraction of sp³-hybridized carbons (Fsp3) is 0.625. The van der Waals surface area contributed by atoms with Gasteiger partial charge in [0.15, 0.2) is 0 Å². The molecule has 7 aliphatic rings. The molecule has 1 heterocycles. The van der Waals surface area contributed by atoms with E-state index in [9.17, 15) is 24.6 Å². The second-order valence-corrected chi connectivity index (χ2v) is 98.6. The van der Waals surface area contributed by atoms with Crippen molar-refractivity contribution in [3.63, 3.8) is 0 Å². The summed E-state index contributed by atoms with van der Waals surface area (Å²) >= 11 is 9.60. The van der Waals surface area contributed by atoms with E-state index in [0.29, 0.717) is 50.6 Å². The SMILES string of the molecule is C.CC[C@@H]1CC[C@@]23CCC(=O)[C@H]2C12C[Si](c1ccccc1)(c1ccccc1)O[C@@H]2C[C@@](C)(CC)[C@@H](OCOCc1ccccc1)[C@@H]3C.CC[C@]1(C)C[C@@H](O)[C@@]2(CO)C3C(=O)CC[C@@]3(CC[C@H]2COC(C)=O)[C@@H](C)C1OCOCc1ccccc1.S=S=S=S=S=S=S=S=S=S=S=S=S=S=S=S=S=S=S=S=S=S=S=S=S=S=S=S=S=S=S=S=S=S=S=S=S=S=S. The summed E-state index contributed by atoms with van der Waals surface area (Å²) in [6.07, 6.45) is 9.50. The molecule has 1 aliphatic heterocycles.